The molecule has 7 aromatic carbocycles. The first-order valence-corrected chi connectivity index (χ1v) is 17.4. The summed E-state index contributed by atoms with van der Waals surface area (Å²) in [7, 11) is 0. The van der Waals surface area contributed by atoms with Crippen LogP contribution in [0.4, 0.5) is 0 Å². The third kappa shape index (κ3) is 5.29. The molecule has 0 saturated heterocycles. The van der Waals surface area contributed by atoms with Crippen LogP contribution < -0.4 is 10.4 Å². The van der Waals surface area contributed by atoms with Gasteiger partial charge in [-0.05, 0) is 68.6 Å². The number of benzene rings is 7. The van der Waals surface area contributed by atoms with Crippen molar-refractivity contribution in [1.82, 2.24) is 15.0 Å². The average molecular weight is 654 g/mol. The van der Waals surface area contributed by atoms with E-state index in [1.54, 1.807) is 0 Å². The molecule has 0 fully saturated rings. The van der Waals surface area contributed by atoms with Crippen LogP contribution in [-0.2, 0) is 0 Å². The van der Waals surface area contributed by atoms with Crippen LogP contribution in [0, 0.1) is 0 Å². The molecule has 2 heterocycles. The molecule has 0 spiro atoms. The zero-order chi connectivity index (χ0) is 33.7. The van der Waals surface area contributed by atoms with Gasteiger partial charge in [-0.2, -0.15) is 0 Å². The van der Waals surface area contributed by atoms with E-state index in [-0.39, 0.29) is 0 Å². The minimum absolute atomic E-state index is 0.337. The minimum atomic E-state index is 0.337. The van der Waals surface area contributed by atoms with E-state index in [4.69, 9.17) is 19.4 Å². The zero-order valence-corrected chi connectivity index (χ0v) is 27.7. The van der Waals surface area contributed by atoms with Gasteiger partial charge in [-0.1, -0.05) is 146 Å². The summed E-state index contributed by atoms with van der Waals surface area (Å²) in [5.41, 5.74) is 8.21. The second-order valence-electron chi connectivity index (χ2n) is 13.2. The second kappa shape index (κ2) is 12.0. The van der Waals surface area contributed by atoms with Gasteiger partial charge < -0.3 is 4.42 Å². The molecular weight excluding hydrogens is 623 g/mol. The Kier molecular flexibility index (Phi) is 6.91. The molecular formula is C47H31N3O. The molecule has 1 aliphatic carbocycles. The largest absolute Gasteiger partial charge is 0.456 e. The van der Waals surface area contributed by atoms with Gasteiger partial charge >= 0.3 is 0 Å². The molecule has 4 nitrogen and oxygen atoms in total. The van der Waals surface area contributed by atoms with Crippen molar-refractivity contribution in [3.63, 3.8) is 0 Å². The van der Waals surface area contributed by atoms with Crippen LogP contribution in [0.2, 0.25) is 0 Å². The quantitative estimate of drug-likeness (QED) is 0.186. The first kappa shape index (κ1) is 29.3. The molecule has 0 bridgehead atoms. The molecule has 10 rings (SSSR count). The van der Waals surface area contributed by atoms with Crippen molar-refractivity contribution < 1.29 is 4.42 Å². The van der Waals surface area contributed by atoms with Gasteiger partial charge in [0.1, 0.15) is 11.2 Å². The highest BCUT2D eigenvalue weighted by Gasteiger charge is 2.16. The van der Waals surface area contributed by atoms with E-state index < -0.39 is 0 Å². The highest BCUT2D eigenvalue weighted by atomic mass is 16.3. The standard InChI is InChI=1S/C47H31N3O/c1-2-10-33(11-3-1)45-48-46(34-22-17-31(18-23-34)36-24-19-30-9-4-5-12-35(30)27-36)50-47(49-45)38-26-21-32-20-25-37(28-39(32)29-38)40-14-8-16-43-44(40)41-13-6-7-15-42(41)51-43/h1-23,25-29,36H,24H2. The Balaban J connectivity index is 1.06. The molecule has 2 aromatic heterocycles. The van der Waals surface area contributed by atoms with Crippen molar-refractivity contribution in [2.24, 2.45) is 0 Å². The summed E-state index contributed by atoms with van der Waals surface area (Å²) < 4.78 is 6.20. The van der Waals surface area contributed by atoms with E-state index in [1.165, 1.54) is 16.0 Å². The third-order valence-electron chi connectivity index (χ3n) is 10.0. The van der Waals surface area contributed by atoms with Gasteiger partial charge in [0.15, 0.2) is 17.5 Å². The Morgan fingerprint density at radius 2 is 1.10 bits per heavy atom. The highest BCUT2D eigenvalue weighted by Crippen LogP contribution is 2.38. The number of rotatable bonds is 5. The molecule has 0 saturated carbocycles. The molecule has 51 heavy (non-hydrogen) atoms. The summed E-state index contributed by atoms with van der Waals surface area (Å²) in [5.74, 6) is 2.29. The first-order chi connectivity index (χ1) is 25.2. The Labute approximate surface area is 294 Å². The summed E-state index contributed by atoms with van der Waals surface area (Å²) >= 11 is 0. The molecule has 4 heteroatoms. The average Bonchev–Trinajstić information content (AvgIpc) is 3.59. The Morgan fingerprint density at radius 1 is 0.471 bits per heavy atom. The number of para-hydroxylation sites is 1. The van der Waals surface area contributed by atoms with Gasteiger partial charge in [0, 0.05) is 33.4 Å². The van der Waals surface area contributed by atoms with Gasteiger partial charge in [0.2, 0.25) is 0 Å². The number of fused-ring (bicyclic) bond motifs is 5. The summed E-state index contributed by atoms with van der Waals surface area (Å²) in [6, 6.07) is 55.1. The monoisotopic (exact) mass is 653 g/mol. The lowest BCUT2D eigenvalue weighted by molar-refractivity contribution is 0.669. The lowest BCUT2D eigenvalue weighted by Crippen LogP contribution is -2.27. The van der Waals surface area contributed by atoms with Crippen LogP contribution in [0.15, 0.2) is 162 Å². The third-order valence-corrected chi connectivity index (χ3v) is 10.0. The molecule has 1 aliphatic rings. The van der Waals surface area contributed by atoms with Crippen LogP contribution in [-0.4, -0.2) is 15.0 Å². The van der Waals surface area contributed by atoms with E-state index in [1.807, 2.05) is 48.5 Å². The lowest BCUT2D eigenvalue weighted by atomic mass is 9.90. The maximum atomic E-state index is 6.20. The van der Waals surface area contributed by atoms with E-state index in [0.29, 0.717) is 23.4 Å². The normalized spacial score (nSPS) is 13.9. The summed E-state index contributed by atoms with van der Waals surface area (Å²) in [5, 5.41) is 7.13. The summed E-state index contributed by atoms with van der Waals surface area (Å²) in [6.45, 7) is 0. The number of aromatic nitrogens is 3. The summed E-state index contributed by atoms with van der Waals surface area (Å²) in [6.07, 6.45) is 5.70. The predicted molar refractivity (Wildman–Crippen MR) is 208 cm³/mol. The smallest absolute Gasteiger partial charge is 0.164 e. The van der Waals surface area contributed by atoms with Crippen molar-refractivity contribution in [3.05, 3.63) is 174 Å². The molecule has 240 valence electrons. The van der Waals surface area contributed by atoms with E-state index in [9.17, 15) is 0 Å². The SMILES string of the molecule is C1=c2ccccc2=CC(c2ccc(-c3nc(-c4ccccc4)nc(-c4ccc5ccc(-c6cccc7oc8ccccc8c67)cc5c4)n3)cc2)C1. The summed E-state index contributed by atoms with van der Waals surface area (Å²) in [4.78, 5) is 15.1. The fourth-order valence-electron chi connectivity index (χ4n) is 7.42. The predicted octanol–water partition coefficient (Wildman–Crippen LogP) is 10.3. The lowest BCUT2D eigenvalue weighted by Gasteiger charge is -2.15. The van der Waals surface area contributed by atoms with Gasteiger partial charge in [-0.3, -0.25) is 0 Å². The van der Waals surface area contributed by atoms with Gasteiger partial charge in [-0.15, -0.1) is 0 Å². The second-order valence-corrected chi connectivity index (χ2v) is 13.2. The highest BCUT2D eigenvalue weighted by molar-refractivity contribution is 6.12. The minimum Gasteiger partial charge on any atom is -0.456 e. The number of hydrogen-bond donors (Lipinski definition) is 0. The fraction of sp³-hybridized carbons (Fsp3) is 0.0426. The van der Waals surface area contributed by atoms with Crippen molar-refractivity contribution in [1.29, 1.82) is 0 Å². The van der Waals surface area contributed by atoms with E-state index >= 15 is 0 Å². The number of nitrogens with zero attached hydrogens (tertiary/aromatic N) is 3. The van der Waals surface area contributed by atoms with Crippen LogP contribution in [0.25, 0.3) is 90.2 Å². The van der Waals surface area contributed by atoms with Gasteiger partial charge in [0.25, 0.3) is 0 Å². The van der Waals surface area contributed by atoms with Crippen LogP contribution >= 0.6 is 0 Å². The Hall–Kier alpha value is -6.65. The van der Waals surface area contributed by atoms with Gasteiger partial charge in [-0.25, -0.2) is 15.0 Å². The van der Waals surface area contributed by atoms with E-state index in [0.717, 1.165) is 66.9 Å². The Morgan fingerprint density at radius 3 is 1.92 bits per heavy atom. The molecule has 1 unspecified atom stereocenters. The first-order valence-electron chi connectivity index (χ1n) is 17.4. The van der Waals surface area contributed by atoms with Crippen LogP contribution in [0.3, 0.4) is 0 Å². The van der Waals surface area contributed by atoms with Crippen LogP contribution in [0.1, 0.15) is 17.9 Å². The van der Waals surface area contributed by atoms with Crippen molar-refractivity contribution in [3.8, 4) is 45.3 Å². The molecule has 1 atom stereocenters. The Bertz CT molecular complexity index is 2890. The maximum absolute atomic E-state index is 6.20. The topological polar surface area (TPSA) is 51.8 Å². The van der Waals surface area contributed by atoms with Crippen molar-refractivity contribution in [2.75, 3.05) is 0 Å². The number of furan rings is 1. The van der Waals surface area contributed by atoms with E-state index in [2.05, 4.69) is 121 Å². The van der Waals surface area contributed by atoms with Crippen molar-refractivity contribution >= 4 is 44.9 Å². The molecule has 0 N–H and O–H groups in total. The molecule has 9 aromatic rings. The molecule has 0 aliphatic heterocycles. The number of hydrogen-bond acceptors (Lipinski definition) is 4. The van der Waals surface area contributed by atoms with Crippen LogP contribution in [0.5, 0.6) is 0 Å². The van der Waals surface area contributed by atoms with Crippen molar-refractivity contribution in [2.45, 2.75) is 12.3 Å². The molecule has 0 radical (unpaired) electrons. The van der Waals surface area contributed by atoms with Gasteiger partial charge in [0.05, 0.1) is 0 Å². The fourth-order valence-corrected chi connectivity index (χ4v) is 7.42. The maximum Gasteiger partial charge on any atom is 0.164 e. The molecule has 0 amide bonds. The zero-order valence-electron chi connectivity index (χ0n) is 27.7.